The summed E-state index contributed by atoms with van der Waals surface area (Å²) in [4.78, 5) is 31.2. The molecule has 42 heavy (non-hydrogen) atoms. The molecule has 1 aliphatic heterocycles. The number of amides is 3. The molecule has 1 atom stereocenters. The third kappa shape index (κ3) is 6.47. The number of fused-ring (bicyclic) bond motifs is 1. The lowest BCUT2D eigenvalue weighted by Crippen LogP contribution is -2.39. The highest BCUT2D eigenvalue weighted by Gasteiger charge is 2.31. The molecule has 0 saturated carbocycles. The zero-order valence-corrected chi connectivity index (χ0v) is 24.7. The number of thiophene rings is 1. The molecule has 8 nitrogen and oxygen atoms in total. The molecular formula is C32H32FN5O3S. The Morgan fingerprint density at radius 2 is 1.93 bits per heavy atom. The topological polar surface area (TPSA) is 110 Å². The Morgan fingerprint density at radius 1 is 1.17 bits per heavy atom. The van der Waals surface area contributed by atoms with E-state index in [2.05, 4.69) is 27.5 Å². The van der Waals surface area contributed by atoms with Crippen LogP contribution in [0.2, 0.25) is 0 Å². The first-order valence-electron chi connectivity index (χ1n) is 13.6. The lowest BCUT2D eigenvalue weighted by molar-refractivity contribution is 0.0261. The van der Waals surface area contributed by atoms with Crippen molar-refractivity contribution in [3.8, 4) is 23.0 Å². The van der Waals surface area contributed by atoms with Crippen molar-refractivity contribution in [1.29, 1.82) is 0 Å². The van der Waals surface area contributed by atoms with Crippen LogP contribution in [0.5, 0.6) is 0 Å². The average Bonchev–Trinajstić information content (AvgIpc) is 3.58. The van der Waals surface area contributed by atoms with Crippen LogP contribution in [0.15, 0.2) is 54.0 Å². The maximum atomic E-state index is 14.0. The van der Waals surface area contributed by atoms with Crippen LogP contribution < -0.4 is 16.4 Å². The van der Waals surface area contributed by atoms with Crippen LogP contribution in [0.25, 0.3) is 21.2 Å². The third-order valence-corrected chi connectivity index (χ3v) is 7.72. The Labute approximate surface area is 248 Å². The van der Waals surface area contributed by atoms with Crippen LogP contribution in [0.3, 0.4) is 0 Å². The molecule has 0 unspecified atom stereocenters. The maximum Gasteiger partial charge on any atom is 0.411 e. The predicted octanol–water partition coefficient (Wildman–Crippen LogP) is 7.39. The van der Waals surface area contributed by atoms with Gasteiger partial charge in [-0.1, -0.05) is 30.0 Å². The van der Waals surface area contributed by atoms with E-state index in [0.29, 0.717) is 18.1 Å². The van der Waals surface area contributed by atoms with Gasteiger partial charge in [0.25, 0.3) is 0 Å². The monoisotopic (exact) mass is 585 g/mol. The zero-order valence-electron chi connectivity index (χ0n) is 23.9. The predicted molar refractivity (Wildman–Crippen MR) is 166 cm³/mol. The van der Waals surface area contributed by atoms with E-state index in [9.17, 15) is 14.0 Å². The molecular weight excluding hydrogens is 553 g/mol. The maximum absolute atomic E-state index is 14.0. The molecule has 10 heteroatoms. The van der Waals surface area contributed by atoms with Gasteiger partial charge in [-0.05, 0) is 81.3 Å². The Hall–Kier alpha value is -4.62. The number of nitrogens with zero attached hydrogens (tertiary/aromatic N) is 2. The smallest absolute Gasteiger partial charge is 0.411 e. The number of benzene rings is 2. The molecule has 1 saturated heterocycles. The number of carbonyl (C=O) groups is 2. The number of aryl methyl sites for hydroxylation is 1. The van der Waals surface area contributed by atoms with Crippen molar-refractivity contribution < 1.29 is 18.7 Å². The fourth-order valence-corrected chi connectivity index (χ4v) is 5.79. The molecule has 5 rings (SSSR count). The summed E-state index contributed by atoms with van der Waals surface area (Å²) in [6.45, 7) is 7.99. The molecule has 3 amide bonds. The Balaban J connectivity index is 1.34. The van der Waals surface area contributed by atoms with Gasteiger partial charge in [-0.15, -0.1) is 11.3 Å². The van der Waals surface area contributed by atoms with E-state index in [0.717, 1.165) is 45.2 Å². The standard InChI is InChI=1S/C32H32FN5O3S/c1-19-7-14-25(33)26(16-19)37-30(39)36-22-11-8-20(9-12-22)24-18-42-28-21(17-35-29(34)27(24)28)10-13-23-6-5-15-38(23)31(40)41-32(2,3)4/h7-9,11-12,14,16-18,23H,5-6,15H2,1-4H3,(H2,34,35)(H2,36,37,39)/t23-/m0/s1. The summed E-state index contributed by atoms with van der Waals surface area (Å²) in [5, 5.41) is 8.08. The second-order valence-corrected chi connectivity index (χ2v) is 12.0. The SMILES string of the molecule is Cc1ccc(F)c(NC(=O)Nc2ccc(-c3csc4c(C#C[C@@H]5CCCN5C(=O)OC(C)(C)C)cnc(N)c34)cc2)c1. The van der Waals surface area contributed by atoms with Crippen molar-refractivity contribution in [2.75, 3.05) is 22.9 Å². The van der Waals surface area contributed by atoms with E-state index in [4.69, 9.17) is 10.5 Å². The van der Waals surface area contributed by atoms with E-state index >= 15 is 0 Å². The van der Waals surface area contributed by atoms with Crippen molar-refractivity contribution in [2.24, 2.45) is 0 Å². The average molecular weight is 586 g/mol. The van der Waals surface area contributed by atoms with Gasteiger partial charge in [0.05, 0.1) is 22.0 Å². The molecule has 2 aromatic heterocycles. The Bertz CT molecular complexity index is 1720. The number of halogens is 1. The zero-order chi connectivity index (χ0) is 30.0. The van der Waals surface area contributed by atoms with E-state index < -0.39 is 17.4 Å². The lowest BCUT2D eigenvalue weighted by Gasteiger charge is -2.26. The lowest BCUT2D eigenvalue weighted by atomic mass is 10.0. The first kappa shape index (κ1) is 28.9. The van der Waals surface area contributed by atoms with Gasteiger partial charge in [0.15, 0.2) is 0 Å². The number of nitrogen functional groups attached to an aromatic ring is 1. The third-order valence-electron chi connectivity index (χ3n) is 6.70. The van der Waals surface area contributed by atoms with E-state index in [-0.39, 0.29) is 17.8 Å². The summed E-state index contributed by atoms with van der Waals surface area (Å²) < 4.78 is 20.5. The van der Waals surface area contributed by atoms with Crippen molar-refractivity contribution >= 4 is 50.7 Å². The quantitative estimate of drug-likeness (QED) is 0.217. The number of pyridine rings is 1. The molecule has 216 valence electrons. The first-order chi connectivity index (χ1) is 20.0. The molecule has 4 aromatic rings. The van der Waals surface area contributed by atoms with Crippen LogP contribution in [-0.2, 0) is 4.74 Å². The summed E-state index contributed by atoms with van der Waals surface area (Å²) in [6.07, 6.45) is 2.97. The second kappa shape index (κ2) is 11.7. The summed E-state index contributed by atoms with van der Waals surface area (Å²) in [6, 6.07) is 11.0. The molecule has 0 radical (unpaired) electrons. The Kier molecular flexibility index (Phi) is 8.05. The summed E-state index contributed by atoms with van der Waals surface area (Å²) >= 11 is 1.52. The highest BCUT2D eigenvalue weighted by Crippen LogP contribution is 2.38. The number of nitrogens with one attached hydrogen (secondary N) is 2. The van der Waals surface area contributed by atoms with Gasteiger partial charge in [-0.2, -0.15) is 0 Å². The summed E-state index contributed by atoms with van der Waals surface area (Å²) in [7, 11) is 0. The van der Waals surface area contributed by atoms with Gasteiger partial charge in [0.1, 0.15) is 17.2 Å². The number of urea groups is 1. The number of hydrogen-bond donors (Lipinski definition) is 3. The number of anilines is 3. The molecule has 2 aromatic carbocycles. The minimum atomic E-state index is -0.570. The van der Waals surface area contributed by atoms with E-state index in [1.165, 1.54) is 17.4 Å². The molecule has 1 fully saturated rings. The largest absolute Gasteiger partial charge is 0.444 e. The van der Waals surface area contributed by atoms with Crippen LogP contribution in [0.1, 0.15) is 44.7 Å². The number of hydrogen-bond acceptors (Lipinski definition) is 6. The van der Waals surface area contributed by atoms with E-state index in [1.54, 1.807) is 35.4 Å². The van der Waals surface area contributed by atoms with Crippen LogP contribution in [-0.4, -0.2) is 40.2 Å². The van der Waals surface area contributed by atoms with Gasteiger partial charge in [-0.3, -0.25) is 4.90 Å². The van der Waals surface area contributed by atoms with Gasteiger partial charge in [-0.25, -0.2) is 19.0 Å². The number of aromatic nitrogens is 1. The van der Waals surface area contributed by atoms with Crippen LogP contribution >= 0.6 is 11.3 Å². The van der Waals surface area contributed by atoms with Gasteiger partial charge in [0.2, 0.25) is 0 Å². The molecule has 0 bridgehead atoms. The fraction of sp³-hybridized carbons (Fsp3) is 0.281. The Morgan fingerprint density at radius 3 is 2.67 bits per heavy atom. The van der Waals surface area contributed by atoms with Crippen LogP contribution in [0.4, 0.5) is 31.2 Å². The number of ether oxygens (including phenoxy) is 1. The van der Waals surface area contributed by atoms with Gasteiger partial charge < -0.3 is 21.1 Å². The van der Waals surface area contributed by atoms with Crippen molar-refractivity contribution in [2.45, 2.75) is 52.2 Å². The van der Waals surface area contributed by atoms with E-state index in [1.807, 2.05) is 45.2 Å². The molecule has 0 aliphatic carbocycles. The number of rotatable bonds is 3. The molecule has 1 aliphatic rings. The fourth-order valence-electron chi connectivity index (χ4n) is 4.74. The highest BCUT2D eigenvalue weighted by molar-refractivity contribution is 7.18. The summed E-state index contributed by atoms with van der Waals surface area (Å²) in [5.41, 5.74) is 9.78. The van der Waals surface area contributed by atoms with Crippen molar-refractivity contribution in [3.05, 3.63) is 71.0 Å². The summed E-state index contributed by atoms with van der Waals surface area (Å²) in [5.74, 6) is 6.38. The normalized spacial score (nSPS) is 14.8. The second-order valence-electron chi connectivity index (χ2n) is 11.2. The number of nitrogens with two attached hydrogens (primary N) is 1. The minimum absolute atomic E-state index is 0.112. The van der Waals surface area contributed by atoms with Crippen molar-refractivity contribution in [3.63, 3.8) is 0 Å². The first-order valence-corrected chi connectivity index (χ1v) is 14.5. The highest BCUT2D eigenvalue weighted by atomic mass is 32.1. The minimum Gasteiger partial charge on any atom is -0.444 e. The van der Waals surface area contributed by atoms with Gasteiger partial charge >= 0.3 is 12.1 Å². The van der Waals surface area contributed by atoms with Gasteiger partial charge in [0, 0.05) is 29.4 Å². The molecule has 0 spiro atoms. The number of likely N-dealkylation sites (tertiary alicyclic amines) is 1. The van der Waals surface area contributed by atoms with Crippen molar-refractivity contribution in [1.82, 2.24) is 9.88 Å². The molecule has 4 N–H and O–H groups in total. The number of carbonyl (C=O) groups excluding carboxylic acids is 2. The molecule has 3 heterocycles. The van der Waals surface area contributed by atoms with Crippen LogP contribution in [0, 0.1) is 24.6 Å².